The fourth-order valence-corrected chi connectivity index (χ4v) is 2.87. The molecule has 1 aliphatic rings. The maximum atomic E-state index is 12.7. The van der Waals surface area contributed by atoms with E-state index in [1.807, 2.05) is 19.0 Å². The van der Waals surface area contributed by atoms with Crippen LogP contribution in [0.1, 0.15) is 36.0 Å². The van der Waals surface area contributed by atoms with Crippen LogP contribution in [-0.4, -0.2) is 53.9 Å². The number of hydrogen-bond acceptors (Lipinski definition) is 3. The number of pyridine rings is 1. The van der Waals surface area contributed by atoms with Crippen molar-refractivity contribution >= 4 is 17.5 Å². The molecule has 0 bridgehead atoms. The summed E-state index contributed by atoms with van der Waals surface area (Å²) < 4.78 is 0. The van der Waals surface area contributed by atoms with Gasteiger partial charge < -0.3 is 9.80 Å². The Kier molecular flexibility index (Phi) is 5.38. The molecule has 1 heterocycles. The number of rotatable bonds is 5. The maximum Gasteiger partial charge on any atom is 0.257 e. The van der Waals surface area contributed by atoms with Gasteiger partial charge in [0.05, 0.1) is 5.56 Å². The number of carbonyl (C=O) groups excluding carboxylic acids is 1. The molecule has 1 saturated carbocycles. The number of halogens is 1. The average Bonchev–Trinajstić information content (AvgIpc) is 2.93. The Balaban J connectivity index is 2.16. The van der Waals surface area contributed by atoms with Gasteiger partial charge in [0.15, 0.2) is 0 Å². The lowest BCUT2D eigenvalue weighted by atomic mass is 10.1. The van der Waals surface area contributed by atoms with Crippen LogP contribution in [0, 0.1) is 0 Å². The first-order valence-electron chi connectivity index (χ1n) is 7.16. The van der Waals surface area contributed by atoms with Gasteiger partial charge in [-0.2, -0.15) is 0 Å². The van der Waals surface area contributed by atoms with Gasteiger partial charge in [0.2, 0.25) is 0 Å². The van der Waals surface area contributed by atoms with E-state index in [1.165, 1.54) is 12.8 Å². The summed E-state index contributed by atoms with van der Waals surface area (Å²) in [5.41, 5.74) is 0.514. The van der Waals surface area contributed by atoms with Crippen LogP contribution in [0.25, 0.3) is 0 Å². The molecule has 5 heteroatoms. The highest BCUT2D eigenvalue weighted by Crippen LogP contribution is 2.26. The van der Waals surface area contributed by atoms with Crippen LogP contribution in [0.3, 0.4) is 0 Å². The molecule has 0 saturated heterocycles. The van der Waals surface area contributed by atoms with Gasteiger partial charge in [-0.3, -0.25) is 4.79 Å². The molecule has 0 unspecified atom stereocenters. The average molecular weight is 296 g/mol. The minimum Gasteiger partial charge on any atom is -0.334 e. The zero-order valence-corrected chi connectivity index (χ0v) is 12.9. The standard InChI is InChI=1S/C15H22ClN3O/c1-18(2)10-11-19(12-6-3-4-7-12)15(20)13-8-5-9-17-14(13)16/h5,8-9,12H,3-4,6-7,10-11H2,1-2H3. The van der Waals surface area contributed by atoms with Gasteiger partial charge >= 0.3 is 0 Å². The summed E-state index contributed by atoms with van der Waals surface area (Å²) in [5.74, 6) is 0.0110. The third-order valence-electron chi connectivity index (χ3n) is 3.80. The molecule has 2 rings (SSSR count). The van der Waals surface area contributed by atoms with Crippen molar-refractivity contribution in [3.05, 3.63) is 29.0 Å². The number of aromatic nitrogens is 1. The van der Waals surface area contributed by atoms with Crippen molar-refractivity contribution in [2.75, 3.05) is 27.2 Å². The highest BCUT2D eigenvalue weighted by Gasteiger charge is 2.28. The molecule has 110 valence electrons. The highest BCUT2D eigenvalue weighted by molar-refractivity contribution is 6.32. The van der Waals surface area contributed by atoms with E-state index in [-0.39, 0.29) is 5.91 Å². The molecule has 20 heavy (non-hydrogen) atoms. The van der Waals surface area contributed by atoms with Crippen molar-refractivity contribution in [2.24, 2.45) is 0 Å². The number of hydrogen-bond donors (Lipinski definition) is 0. The Morgan fingerprint density at radius 3 is 2.65 bits per heavy atom. The Morgan fingerprint density at radius 2 is 2.05 bits per heavy atom. The Hall–Kier alpha value is -1.13. The van der Waals surface area contributed by atoms with Crippen LogP contribution in [0.5, 0.6) is 0 Å². The van der Waals surface area contributed by atoms with E-state index in [9.17, 15) is 4.79 Å². The first kappa shape index (κ1) is 15.3. The molecule has 0 spiro atoms. The molecule has 1 aromatic heterocycles. The molecule has 1 aromatic rings. The van der Waals surface area contributed by atoms with E-state index in [1.54, 1.807) is 18.3 Å². The highest BCUT2D eigenvalue weighted by atomic mass is 35.5. The lowest BCUT2D eigenvalue weighted by Gasteiger charge is -2.30. The molecular formula is C15H22ClN3O. The maximum absolute atomic E-state index is 12.7. The zero-order valence-electron chi connectivity index (χ0n) is 12.2. The van der Waals surface area contributed by atoms with Gasteiger partial charge in [-0.25, -0.2) is 4.98 Å². The predicted octanol–water partition coefficient (Wildman–Crippen LogP) is 2.68. The van der Waals surface area contributed by atoms with E-state index < -0.39 is 0 Å². The van der Waals surface area contributed by atoms with E-state index in [4.69, 9.17) is 11.6 Å². The number of amides is 1. The van der Waals surface area contributed by atoms with Crippen molar-refractivity contribution in [2.45, 2.75) is 31.7 Å². The molecule has 0 aliphatic heterocycles. The van der Waals surface area contributed by atoms with Crippen LogP contribution in [0.4, 0.5) is 0 Å². The van der Waals surface area contributed by atoms with Crippen molar-refractivity contribution in [1.82, 2.24) is 14.8 Å². The summed E-state index contributed by atoms with van der Waals surface area (Å²) in [6.45, 7) is 1.60. The first-order valence-corrected chi connectivity index (χ1v) is 7.53. The van der Waals surface area contributed by atoms with Gasteiger partial charge in [0.1, 0.15) is 5.15 Å². The van der Waals surface area contributed by atoms with Crippen molar-refractivity contribution in [1.29, 1.82) is 0 Å². The quantitative estimate of drug-likeness (QED) is 0.784. The van der Waals surface area contributed by atoms with E-state index in [2.05, 4.69) is 9.88 Å². The zero-order chi connectivity index (χ0) is 14.5. The normalized spacial score (nSPS) is 15.8. The summed E-state index contributed by atoms with van der Waals surface area (Å²) in [7, 11) is 4.04. The van der Waals surface area contributed by atoms with Gasteiger partial charge in [-0.15, -0.1) is 0 Å². The lowest BCUT2D eigenvalue weighted by Crippen LogP contribution is -2.42. The molecule has 0 radical (unpaired) electrons. The van der Waals surface area contributed by atoms with Crippen molar-refractivity contribution in [3.63, 3.8) is 0 Å². The Bertz CT molecular complexity index is 458. The molecule has 1 amide bonds. The fraction of sp³-hybridized carbons (Fsp3) is 0.600. The second kappa shape index (κ2) is 7.04. The summed E-state index contributed by atoms with van der Waals surface area (Å²) in [5, 5.41) is 0.297. The van der Waals surface area contributed by atoms with Gasteiger partial charge in [0, 0.05) is 25.3 Å². The second-order valence-electron chi connectivity index (χ2n) is 5.58. The molecule has 0 atom stereocenters. The van der Waals surface area contributed by atoms with Crippen molar-refractivity contribution in [3.8, 4) is 0 Å². The monoisotopic (exact) mass is 295 g/mol. The van der Waals surface area contributed by atoms with E-state index >= 15 is 0 Å². The van der Waals surface area contributed by atoms with Crippen molar-refractivity contribution < 1.29 is 4.79 Å². The smallest absolute Gasteiger partial charge is 0.257 e. The Labute approximate surface area is 125 Å². The predicted molar refractivity (Wildman–Crippen MR) is 81.1 cm³/mol. The minimum atomic E-state index is 0.0110. The number of carbonyl (C=O) groups is 1. The number of likely N-dealkylation sites (N-methyl/N-ethyl adjacent to an activating group) is 1. The second-order valence-corrected chi connectivity index (χ2v) is 5.94. The molecular weight excluding hydrogens is 274 g/mol. The van der Waals surface area contributed by atoms with Gasteiger partial charge in [0.25, 0.3) is 5.91 Å². The molecule has 0 N–H and O–H groups in total. The van der Waals surface area contributed by atoms with Crippen LogP contribution in [0.15, 0.2) is 18.3 Å². The van der Waals surface area contributed by atoms with Crippen LogP contribution in [0.2, 0.25) is 5.15 Å². The van der Waals surface area contributed by atoms with Crippen LogP contribution < -0.4 is 0 Å². The SMILES string of the molecule is CN(C)CCN(C(=O)c1cccnc1Cl)C1CCCC1. The molecule has 1 fully saturated rings. The topological polar surface area (TPSA) is 36.4 Å². The lowest BCUT2D eigenvalue weighted by molar-refractivity contribution is 0.0667. The van der Waals surface area contributed by atoms with Gasteiger partial charge in [-0.1, -0.05) is 24.4 Å². The van der Waals surface area contributed by atoms with Crippen LogP contribution in [-0.2, 0) is 0 Å². The number of nitrogens with zero attached hydrogens (tertiary/aromatic N) is 3. The van der Waals surface area contributed by atoms with E-state index in [0.717, 1.165) is 25.9 Å². The van der Waals surface area contributed by atoms with E-state index in [0.29, 0.717) is 16.8 Å². The third kappa shape index (κ3) is 3.70. The summed E-state index contributed by atoms with van der Waals surface area (Å²) >= 11 is 6.06. The molecule has 4 nitrogen and oxygen atoms in total. The first-order chi connectivity index (χ1) is 9.59. The summed E-state index contributed by atoms with van der Waals surface area (Å²) in [6.07, 6.45) is 6.21. The third-order valence-corrected chi connectivity index (χ3v) is 4.11. The van der Waals surface area contributed by atoms with Crippen LogP contribution >= 0.6 is 11.6 Å². The summed E-state index contributed by atoms with van der Waals surface area (Å²) in [6, 6.07) is 3.87. The Morgan fingerprint density at radius 1 is 1.35 bits per heavy atom. The van der Waals surface area contributed by atoms with Gasteiger partial charge in [-0.05, 0) is 39.1 Å². The minimum absolute atomic E-state index is 0.0110. The fourth-order valence-electron chi connectivity index (χ4n) is 2.67. The summed E-state index contributed by atoms with van der Waals surface area (Å²) in [4.78, 5) is 20.8. The molecule has 0 aromatic carbocycles. The molecule has 1 aliphatic carbocycles. The largest absolute Gasteiger partial charge is 0.334 e.